The first-order valence-electron chi connectivity index (χ1n) is 5.07. The van der Waals surface area contributed by atoms with Crippen LogP contribution < -0.4 is 0 Å². The summed E-state index contributed by atoms with van der Waals surface area (Å²) in [5, 5.41) is 0.928. The molecule has 0 spiro atoms. The van der Waals surface area contributed by atoms with Crippen LogP contribution >= 0.6 is 0 Å². The number of amides is 3. The van der Waals surface area contributed by atoms with Crippen molar-refractivity contribution in [2.24, 2.45) is 0 Å². The quantitative estimate of drug-likeness (QED) is 0.578. The smallest absolute Gasteiger partial charge is 0.270 e. The maximum Gasteiger partial charge on any atom is 0.287 e. The Labute approximate surface area is 102 Å². The van der Waals surface area contributed by atoms with Crippen LogP contribution in [0.2, 0.25) is 0 Å². The number of hydrogen-bond donors (Lipinski definition) is 0. The summed E-state index contributed by atoms with van der Waals surface area (Å²) in [7, 11) is 1.18. The Hall–Kier alpha value is -2.25. The summed E-state index contributed by atoms with van der Waals surface area (Å²) in [4.78, 5) is 44.2. The molecule has 0 bridgehead atoms. The molecule has 0 radical (unpaired) electrons. The average Bonchev–Trinajstić information content (AvgIpc) is 2.60. The van der Waals surface area contributed by atoms with E-state index in [1.807, 2.05) is 0 Å². The van der Waals surface area contributed by atoms with Gasteiger partial charge < -0.3 is 0 Å². The fourth-order valence-electron chi connectivity index (χ4n) is 1.53. The Morgan fingerprint density at radius 1 is 1.17 bits per heavy atom. The monoisotopic (exact) mass is 250 g/mol. The van der Waals surface area contributed by atoms with Gasteiger partial charge in [-0.15, -0.1) is 10.0 Å². The minimum absolute atomic E-state index is 0.224. The van der Waals surface area contributed by atoms with Gasteiger partial charge in [0.15, 0.2) is 0 Å². The van der Waals surface area contributed by atoms with Gasteiger partial charge in [0.1, 0.15) is 0 Å². The van der Waals surface area contributed by atoms with E-state index in [-0.39, 0.29) is 11.1 Å². The summed E-state index contributed by atoms with van der Waals surface area (Å²) < 4.78 is 0. The zero-order valence-corrected chi connectivity index (χ0v) is 9.75. The van der Waals surface area contributed by atoms with Crippen molar-refractivity contribution in [1.29, 1.82) is 0 Å². The minimum atomic E-state index is -0.640. The van der Waals surface area contributed by atoms with Gasteiger partial charge in [0.2, 0.25) is 0 Å². The number of carbonyl (C=O) groups is 3. The van der Waals surface area contributed by atoms with Crippen molar-refractivity contribution < 1.29 is 24.2 Å². The van der Waals surface area contributed by atoms with E-state index in [2.05, 4.69) is 4.84 Å². The van der Waals surface area contributed by atoms with Gasteiger partial charge in [-0.1, -0.05) is 17.4 Å². The number of nitrogens with zero attached hydrogens (tertiary/aromatic N) is 2. The molecule has 1 aliphatic heterocycles. The summed E-state index contributed by atoms with van der Waals surface area (Å²) in [6.45, 7) is 1.17. The van der Waals surface area contributed by atoms with Crippen LogP contribution in [0.5, 0.6) is 0 Å². The number of imide groups is 1. The normalized spacial score (nSPS) is 13.8. The predicted molar refractivity (Wildman–Crippen MR) is 57.6 cm³/mol. The molecule has 0 aromatic heterocycles. The molecule has 0 saturated heterocycles. The van der Waals surface area contributed by atoms with Crippen molar-refractivity contribution in [3.05, 3.63) is 35.4 Å². The molecule has 1 heterocycles. The van der Waals surface area contributed by atoms with Crippen molar-refractivity contribution >= 4 is 17.7 Å². The van der Waals surface area contributed by atoms with Crippen LogP contribution in [0, 0.1) is 0 Å². The molecule has 0 atom stereocenters. The van der Waals surface area contributed by atoms with Crippen LogP contribution in [0.25, 0.3) is 0 Å². The fraction of sp³-hybridized carbons (Fsp3) is 0.182. The van der Waals surface area contributed by atoms with E-state index in [0.717, 1.165) is 0 Å². The molecule has 1 aromatic rings. The van der Waals surface area contributed by atoms with Crippen molar-refractivity contribution in [2.75, 3.05) is 7.11 Å². The molecule has 1 aliphatic rings. The molecule has 0 aliphatic carbocycles. The number of rotatable bonds is 3. The molecule has 0 N–H and O–H groups in total. The van der Waals surface area contributed by atoms with Crippen molar-refractivity contribution in [3.63, 3.8) is 0 Å². The lowest BCUT2D eigenvalue weighted by atomic mass is 10.1. The molecule has 1 aromatic carbocycles. The highest BCUT2D eigenvalue weighted by Gasteiger charge is 2.38. The number of carbonyl (C=O) groups excluding carboxylic acids is 3. The van der Waals surface area contributed by atoms with Crippen LogP contribution in [0.1, 0.15) is 27.6 Å². The minimum Gasteiger partial charge on any atom is -0.270 e. The highest BCUT2D eigenvalue weighted by atomic mass is 17.0. The molecule has 18 heavy (non-hydrogen) atoms. The predicted octanol–water partition coefficient (Wildman–Crippen LogP) is 0.539. The molecule has 7 heteroatoms. The van der Waals surface area contributed by atoms with Crippen molar-refractivity contribution in [2.45, 2.75) is 6.92 Å². The molecular weight excluding hydrogens is 240 g/mol. The lowest BCUT2D eigenvalue weighted by molar-refractivity contribution is -0.389. The van der Waals surface area contributed by atoms with Crippen LogP contribution in [-0.4, -0.2) is 35.1 Å². The third-order valence-corrected chi connectivity index (χ3v) is 2.34. The molecule has 2 rings (SSSR count). The van der Waals surface area contributed by atoms with Gasteiger partial charge >= 0.3 is 0 Å². The molecule has 94 valence electrons. The number of hydroxylamine groups is 4. The van der Waals surface area contributed by atoms with Gasteiger partial charge in [-0.3, -0.25) is 14.4 Å². The van der Waals surface area contributed by atoms with Gasteiger partial charge in [0.25, 0.3) is 17.7 Å². The summed E-state index contributed by atoms with van der Waals surface area (Å²) >= 11 is 0. The first kappa shape index (κ1) is 12.2. The van der Waals surface area contributed by atoms with E-state index in [0.29, 0.717) is 10.3 Å². The van der Waals surface area contributed by atoms with E-state index in [9.17, 15) is 14.4 Å². The first-order valence-corrected chi connectivity index (χ1v) is 5.07. The van der Waals surface area contributed by atoms with E-state index >= 15 is 0 Å². The molecule has 0 saturated carbocycles. The highest BCUT2D eigenvalue weighted by molar-refractivity contribution is 6.20. The van der Waals surface area contributed by atoms with Gasteiger partial charge in [0, 0.05) is 6.92 Å². The fourth-order valence-corrected chi connectivity index (χ4v) is 1.53. The Kier molecular flexibility index (Phi) is 3.09. The third kappa shape index (κ3) is 1.85. The van der Waals surface area contributed by atoms with Crippen LogP contribution in [0.4, 0.5) is 0 Å². The zero-order valence-electron chi connectivity index (χ0n) is 9.75. The molecule has 0 unspecified atom stereocenters. The van der Waals surface area contributed by atoms with E-state index in [1.54, 1.807) is 12.1 Å². The molecular formula is C11H10N2O5. The lowest BCUT2D eigenvalue weighted by Gasteiger charge is -2.20. The standard InChI is InChI=1S/C11H10N2O5/c1-7(14)13(17-2)18-12-10(15)8-5-3-4-6-9(8)11(12)16/h3-6H,1-2H3. The summed E-state index contributed by atoms with van der Waals surface area (Å²) in [6, 6.07) is 6.27. The van der Waals surface area contributed by atoms with Crippen molar-refractivity contribution in [1.82, 2.24) is 10.3 Å². The Balaban J connectivity index is 2.26. The second-order valence-electron chi connectivity index (χ2n) is 3.49. The zero-order chi connectivity index (χ0) is 13.3. The number of benzene rings is 1. The van der Waals surface area contributed by atoms with Gasteiger partial charge in [-0.25, -0.2) is 4.84 Å². The third-order valence-electron chi connectivity index (χ3n) is 2.34. The lowest BCUT2D eigenvalue weighted by Crippen LogP contribution is -2.40. The molecule has 3 amide bonds. The summed E-state index contributed by atoms with van der Waals surface area (Å²) in [5.41, 5.74) is 0.448. The van der Waals surface area contributed by atoms with Crippen molar-refractivity contribution in [3.8, 4) is 0 Å². The maximum atomic E-state index is 11.9. The number of fused-ring (bicyclic) bond motifs is 1. The first-order chi connectivity index (χ1) is 8.56. The average molecular weight is 250 g/mol. The maximum absolute atomic E-state index is 11.9. The molecule has 7 nitrogen and oxygen atoms in total. The Morgan fingerprint density at radius 3 is 2.06 bits per heavy atom. The largest absolute Gasteiger partial charge is 0.287 e. The Morgan fingerprint density at radius 2 is 1.67 bits per heavy atom. The van der Waals surface area contributed by atoms with Crippen LogP contribution in [0.15, 0.2) is 24.3 Å². The SMILES string of the molecule is CON(ON1C(=O)c2ccccc2C1=O)C(C)=O. The number of hydrogen-bond acceptors (Lipinski definition) is 5. The van der Waals surface area contributed by atoms with Crippen LogP contribution in [-0.2, 0) is 14.6 Å². The Bertz CT molecular complexity index is 493. The topological polar surface area (TPSA) is 76.2 Å². The van der Waals surface area contributed by atoms with E-state index in [4.69, 9.17) is 4.94 Å². The van der Waals surface area contributed by atoms with E-state index < -0.39 is 17.7 Å². The van der Waals surface area contributed by atoms with Crippen LogP contribution in [0.3, 0.4) is 0 Å². The second-order valence-corrected chi connectivity index (χ2v) is 3.49. The second kappa shape index (κ2) is 4.55. The summed E-state index contributed by atoms with van der Waals surface area (Å²) in [5.74, 6) is -1.88. The highest BCUT2D eigenvalue weighted by Crippen LogP contribution is 2.23. The van der Waals surface area contributed by atoms with Gasteiger partial charge in [0.05, 0.1) is 18.2 Å². The van der Waals surface area contributed by atoms with Gasteiger partial charge in [-0.05, 0) is 12.1 Å². The van der Waals surface area contributed by atoms with Gasteiger partial charge in [-0.2, -0.15) is 0 Å². The van der Waals surface area contributed by atoms with E-state index in [1.165, 1.54) is 26.2 Å². The summed E-state index contributed by atoms with van der Waals surface area (Å²) in [6.07, 6.45) is 0. The molecule has 0 fully saturated rings.